The van der Waals surface area contributed by atoms with Gasteiger partial charge in [0.2, 0.25) is 10.0 Å². The molecular weight excluding hydrogens is 378 g/mol. The quantitative estimate of drug-likeness (QED) is 0.804. The van der Waals surface area contributed by atoms with Crippen LogP contribution < -0.4 is 14.9 Å². The van der Waals surface area contributed by atoms with Crippen molar-refractivity contribution in [3.63, 3.8) is 0 Å². The first kappa shape index (κ1) is 19.9. The van der Waals surface area contributed by atoms with Gasteiger partial charge in [0, 0.05) is 29.9 Å². The van der Waals surface area contributed by atoms with E-state index in [1.807, 2.05) is 13.8 Å². The molecule has 0 unspecified atom stereocenters. The average Bonchev–Trinajstić information content (AvgIpc) is 3.07. The minimum atomic E-state index is -3.33. The highest BCUT2D eigenvalue weighted by Crippen LogP contribution is 2.31. The van der Waals surface area contributed by atoms with Gasteiger partial charge in [-0.15, -0.1) is 0 Å². The third-order valence-corrected chi connectivity index (χ3v) is 5.86. The fourth-order valence-corrected chi connectivity index (χ4v) is 4.17. The number of benzene rings is 2. The molecule has 2 aromatic rings. The number of hydrogen-bond acceptors (Lipinski definition) is 4. The molecule has 0 radical (unpaired) electrons. The first-order valence-corrected chi connectivity index (χ1v) is 10.9. The molecule has 2 N–H and O–H groups in total. The number of anilines is 2. The Bertz CT molecular complexity index is 1050. The van der Waals surface area contributed by atoms with Crippen LogP contribution >= 0.6 is 0 Å². The minimum Gasteiger partial charge on any atom is -0.352 e. The van der Waals surface area contributed by atoms with Crippen molar-refractivity contribution < 1.29 is 18.0 Å². The SMILES string of the molecule is CCNC(=O)c1ccc(C)c(NC(=O)c2ccc3c(c2)CCN3S(C)(=O)=O)c1. The number of nitrogens with one attached hydrogen (secondary N) is 2. The Kier molecular flexibility index (Phi) is 5.42. The summed E-state index contributed by atoms with van der Waals surface area (Å²) >= 11 is 0. The topological polar surface area (TPSA) is 95.6 Å². The molecule has 8 heteroatoms. The molecule has 7 nitrogen and oxygen atoms in total. The Labute approximate surface area is 164 Å². The second-order valence-electron chi connectivity index (χ2n) is 6.77. The van der Waals surface area contributed by atoms with Gasteiger partial charge in [0.25, 0.3) is 11.8 Å². The highest BCUT2D eigenvalue weighted by Gasteiger charge is 2.26. The molecule has 28 heavy (non-hydrogen) atoms. The van der Waals surface area contributed by atoms with Crippen LogP contribution in [0.3, 0.4) is 0 Å². The average molecular weight is 401 g/mol. The predicted octanol–water partition coefficient (Wildman–Crippen LogP) is 2.32. The molecule has 2 aromatic carbocycles. The van der Waals surface area contributed by atoms with Crippen molar-refractivity contribution in [3.8, 4) is 0 Å². The highest BCUT2D eigenvalue weighted by molar-refractivity contribution is 7.92. The summed E-state index contributed by atoms with van der Waals surface area (Å²) < 4.78 is 25.0. The van der Waals surface area contributed by atoms with Gasteiger partial charge in [-0.05, 0) is 61.7 Å². The molecule has 0 spiro atoms. The van der Waals surface area contributed by atoms with Gasteiger partial charge in [-0.2, -0.15) is 0 Å². The third kappa shape index (κ3) is 4.01. The molecule has 0 aromatic heterocycles. The van der Waals surface area contributed by atoms with Crippen LogP contribution in [0, 0.1) is 6.92 Å². The van der Waals surface area contributed by atoms with Gasteiger partial charge in [-0.3, -0.25) is 13.9 Å². The van der Waals surface area contributed by atoms with Crippen molar-refractivity contribution in [2.45, 2.75) is 20.3 Å². The molecule has 1 heterocycles. The number of fused-ring (bicyclic) bond motifs is 1. The molecule has 1 aliphatic heterocycles. The smallest absolute Gasteiger partial charge is 0.255 e. The van der Waals surface area contributed by atoms with Crippen LogP contribution in [0.25, 0.3) is 0 Å². The number of hydrogen-bond donors (Lipinski definition) is 2. The molecule has 0 atom stereocenters. The molecule has 1 aliphatic rings. The van der Waals surface area contributed by atoms with Gasteiger partial charge in [0.05, 0.1) is 11.9 Å². The third-order valence-electron chi connectivity index (χ3n) is 4.68. The molecule has 148 valence electrons. The number of nitrogens with zero attached hydrogens (tertiary/aromatic N) is 1. The van der Waals surface area contributed by atoms with E-state index in [0.717, 1.165) is 11.1 Å². The first-order chi connectivity index (χ1) is 13.2. The summed E-state index contributed by atoms with van der Waals surface area (Å²) in [6.07, 6.45) is 1.74. The maximum atomic E-state index is 12.7. The van der Waals surface area contributed by atoms with Crippen molar-refractivity contribution >= 4 is 33.2 Å². The lowest BCUT2D eigenvalue weighted by Crippen LogP contribution is -2.27. The van der Waals surface area contributed by atoms with Gasteiger partial charge in [0.15, 0.2) is 0 Å². The van der Waals surface area contributed by atoms with Gasteiger partial charge in [0.1, 0.15) is 0 Å². The second kappa shape index (κ2) is 7.63. The lowest BCUT2D eigenvalue weighted by atomic mass is 10.1. The number of rotatable bonds is 5. The van der Waals surface area contributed by atoms with Crippen LogP contribution in [0.15, 0.2) is 36.4 Å². The van der Waals surface area contributed by atoms with Gasteiger partial charge < -0.3 is 10.6 Å². The van der Waals surface area contributed by atoms with Crippen LogP contribution in [0.2, 0.25) is 0 Å². The minimum absolute atomic E-state index is 0.198. The zero-order chi connectivity index (χ0) is 20.5. The summed E-state index contributed by atoms with van der Waals surface area (Å²) in [5.74, 6) is -0.506. The largest absolute Gasteiger partial charge is 0.352 e. The summed E-state index contributed by atoms with van der Waals surface area (Å²) in [5.41, 5.74) is 3.76. The summed E-state index contributed by atoms with van der Waals surface area (Å²) in [5, 5.41) is 5.58. The van der Waals surface area contributed by atoms with Crippen LogP contribution in [0.5, 0.6) is 0 Å². The Morgan fingerprint density at radius 2 is 1.75 bits per heavy atom. The molecule has 0 saturated heterocycles. The monoisotopic (exact) mass is 401 g/mol. The Morgan fingerprint density at radius 1 is 1.07 bits per heavy atom. The molecule has 0 fully saturated rings. The van der Waals surface area contributed by atoms with Crippen LogP contribution in [-0.2, 0) is 16.4 Å². The van der Waals surface area contributed by atoms with E-state index >= 15 is 0 Å². The molecule has 3 rings (SSSR count). The fraction of sp³-hybridized carbons (Fsp3) is 0.300. The Morgan fingerprint density at radius 3 is 2.43 bits per heavy atom. The summed E-state index contributed by atoms with van der Waals surface area (Å²) in [7, 11) is -3.33. The summed E-state index contributed by atoms with van der Waals surface area (Å²) in [6.45, 7) is 4.60. The van der Waals surface area contributed by atoms with E-state index in [2.05, 4.69) is 10.6 Å². The zero-order valence-corrected chi connectivity index (χ0v) is 16.9. The Balaban J connectivity index is 1.83. The maximum absolute atomic E-state index is 12.7. The zero-order valence-electron chi connectivity index (χ0n) is 16.1. The van der Waals surface area contributed by atoms with Gasteiger partial charge in [-0.1, -0.05) is 6.07 Å². The van der Waals surface area contributed by atoms with Crippen LogP contribution in [-0.4, -0.2) is 39.6 Å². The number of carbonyl (C=O) groups is 2. The lowest BCUT2D eigenvalue weighted by molar-refractivity contribution is 0.0954. The van der Waals surface area contributed by atoms with Crippen molar-refractivity contribution in [2.24, 2.45) is 0 Å². The Hall–Kier alpha value is -2.87. The van der Waals surface area contributed by atoms with E-state index in [4.69, 9.17) is 0 Å². The first-order valence-electron chi connectivity index (χ1n) is 9.01. The molecule has 0 aliphatic carbocycles. The van der Waals surface area contributed by atoms with Crippen molar-refractivity contribution in [1.29, 1.82) is 0 Å². The maximum Gasteiger partial charge on any atom is 0.255 e. The van der Waals surface area contributed by atoms with Gasteiger partial charge in [-0.25, -0.2) is 8.42 Å². The summed E-state index contributed by atoms with van der Waals surface area (Å²) in [4.78, 5) is 24.7. The number of amides is 2. The summed E-state index contributed by atoms with van der Waals surface area (Å²) in [6, 6.07) is 10.1. The van der Waals surface area contributed by atoms with E-state index < -0.39 is 10.0 Å². The predicted molar refractivity (Wildman–Crippen MR) is 109 cm³/mol. The number of carbonyl (C=O) groups excluding carboxylic acids is 2. The molecule has 2 amide bonds. The van der Waals surface area contributed by atoms with E-state index in [1.54, 1.807) is 36.4 Å². The number of sulfonamides is 1. The normalized spacial score (nSPS) is 13.2. The lowest BCUT2D eigenvalue weighted by Gasteiger charge is -2.16. The fourth-order valence-electron chi connectivity index (χ4n) is 3.21. The van der Waals surface area contributed by atoms with E-state index in [1.165, 1.54) is 10.6 Å². The van der Waals surface area contributed by atoms with Crippen molar-refractivity contribution in [1.82, 2.24) is 5.32 Å². The van der Waals surface area contributed by atoms with E-state index in [-0.39, 0.29) is 11.8 Å². The van der Waals surface area contributed by atoms with Gasteiger partial charge >= 0.3 is 0 Å². The highest BCUT2D eigenvalue weighted by atomic mass is 32.2. The van der Waals surface area contributed by atoms with E-state index in [9.17, 15) is 18.0 Å². The number of aryl methyl sites for hydroxylation is 1. The second-order valence-corrected chi connectivity index (χ2v) is 8.68. The molecule has 0 saturated carbocycles. The molecule has 0 bridgehead atoms. The standard InChI is InChI=1S/C20H23N3O4S/c1-4-21-19(24)16-6-5-13(2)17(12-16)22-20(25)15-7-8-18-14(11-15)9-10-23(18)28(3,26)27/h5-8,11-12H,4,9-10H2,1-3H3,(H,21,24)(H,22,25). The van der Waals surface area contributed by atoms with Crippen molar-refractivity contribution in [3.05, 3.63) is 58.7 Å². The van der Waals surface area contributed by atoms with E-state index in [0.29, 0.717) is 42.0 Å². The molecular formula is C20H23N3O4S. The van der Waals surface area contributed by atoms with Crippen LogP contribution in [0.4, 0.5) is 11.4 Å². The van der Waals surface area contributed by atoms with Crippen LogP contribution in [0.1, 0.15) is 38.8 Å². The van der Waals surface area contributed by atoms with Crippen molar-refractivity contribution in [2.75, 3.05) is 29.0 Å².